The summed E-state index contributed by atoms with van der Waals surface area (Å²) >= 11 is 5.13. The monoisotopic (exact) mass is 297 g/mol. The van der Waals surface area contributed by atoms with Gasteiger partial charge in [0.1, 0.15) is 6.07 Å². The molecular formula is C12H12BrNOS. The molecule has 1 atom stereocenters. The van der Waals surface area contributed by atoms with Crippen LogP contribution >= 0.6 is 27.7 Å². The minimum atomic E-state index is 0.357. The largest absolute Gasteiger partial charge is 0.377 e. The van der Waals surface area contributed by atoms with Crippen LogP contribution in [0.2, 0.25) is 0 Å². The van der Waals surface area contributed by atoms with Crippen LogP contribution in [-0.2, 0) is 4.74 Å². The van der Waals surface area contributed by atoms with Crippen molar-refractivity contribution in [1.82, 2.24) is 0 Å². The first kappa shape index (κ1) is 12.0. The van der Waals surface area contributed by atoms with Crippen molar-refractivity contribution in [2.75, 3.05) is 12.4 Å². The van der Waals surface area contributed by atoms with E-state index in [1.165, 1.54) is 0 Å². The van der Waals surface area contributed by atoms with E-state index in [-0.39, 0.29) is 0 Å². The van der Waals surface area contributed by atoms with E-state index in [4.69, 9.17) is 10.00 Å². The van der Waals surface area contributed by atoms with E-state index in [1.807, 2.05) is 18.2 Å². The van der Waals surface area contributed by atoms with Crippen LogP contribution in [0.3, 0.4) is 0 Å². The van der Waals surface area contributed by atoms with Crippen LogP contribution in [0, 0.1) is 11.3 Å². The van der Waals surface area contributed by atoms with Crippen molar-refractivity contribution < 1.29 is 4.74 Å². The van der Waals surface area contributed by atoms with Crippen LogP contribution in [0.15, 0.2) is 27.6 Å². The Labute approximate surface area is 108 Å². The van der Waals surface area contributed by atoms with Crippen molar-refractivity contribution in [3.05, 3.63) is 28.2 Å². The number of benzene rings is 1. The van der Waals surface area contributed by atoms with Crippen LogP contribution in [0.25, 0.3) is 0 Å². The topological polar surface area (TPSA) is 33.0 Å². The van der Waals surface area contributed by atoms with Crippen LogP contribution in [0.5, 0.6) is 0 Å². The second-order valence-electron chi connectivity index (χ2n) is 3.70. The summed E-state index contributed by atoms with van der Waals surface area (Å²) < 4.78 is 6.58. The van der Waals surface area contributed by atoms with Crippen molar-refractivity contribution in [3.8, 4) is 6.07 Å². The number of hydrogen-bond acceptors (Lipinski definition) is 3. The first-order valence-corrected chi connectivity index (χ1v) is 7.01. The Morgan fingerprint density at radius 3 is 3.12 bits per heavy atom. The Kier molecular flexibility index (Phi) is 4.28. The minimum absolute atomic E-state index is 0.357. The van der Waals surface area contributed by atoms with E-state index in [1.54, 1.807) is 11.8 Å². The Balaban J connectivity index is 2.02. The molecule has 0 aromatic heterocycles. The molecule has 2 rings (SSSR count). The molecule has 4 heteroatoms. The van der Waals surface area contributed by atoms with Gasteiger partial charge in [-0.3, -0.25) is 0 Å². The number of thioether (sulfide) groups is 1. The summed E-state index contributed by atoms with van der Waals surface area (Å²) in [6.07, 6.45) is 2.66. The highest BCUT2D eigenvalue weighted by Crippen LogP contribution is 2.28. The third-order valence-corrected chi connectivity index (χ3v) is 4.19. The van der Waals surface area contributed by atoms with Gasteiger partial charge in [-0.15, -0.1) is 11.8 Å². The number of rotatable bonds is 3. The molecule has 0 spiro atoms. The normalized spacial score (nSPS) is 19.6. The Hall–Kier alpha value is -0.500. The highest BCUT2D eigenvalue weighted by molar-refractivity contribution is 9.10. The van der Waals surface area contributed by atoms with Crippen LogP contribution in [0.1, 0.15) is 18.4 Å². The number of hydrogen-bond donors (Lipinski definition) is 0. The smallest absolute Gasteiger partial charge is 0.100 e. The molecule has 0 aliphatic carbocycles. The van der Waals surface area contributed by atoms with Gasteiger partial charge < -0.3 is 4.74 Å². The molecule has 1 saturated heterocycles. The molecule has 0 radical (unpaired) electrons. The van der Waals surface area contributed by atoms with Gasteiger partial charge in [0.2, 0.25) is 0 Å². The second kappa shape index (κ2) is 5.72. The minimum Gasteiger partial charge on any atom is -0.377 e. The summed E-state index contributed by atoms with van der Waals surface area (Å²) in [5.41, 5.74) is 0.742. The number of nitrogens with zero attached hydrogens (tertiary/aromatic N) is 1. The number of nitriles is 1. The molecule has 1 fully saturated rings. The Bertz CT molecular complexity index is 410. The summed E-state index contributed by atoms with van der Waals surface area (Å²) in [6.45, 7) is 0.884. The lowest BCUT2D eigenvalue weighted by atomic mass is 10.2. The van der Waals surface area contributed by atoms with E-state index < -0.39 is 0 Å². The third-order valence-electron chi connectivity index (χ3n) is 2.51. The lowest BCUT2D eigenvalue weighted by Crippen LogP contribution is -2.07. The van der Waals surface area contributed by atoms with Crippen LogP contribution < -0.4 is 0 Å². The van der Waals surface area contributed by atoms with E-state index in [0.717, 1.165) is 40.1 Å². The summed E-state index contributed by atoms with van der Waals surface area (Å²) in [5, 5.41) is 8.99. The van der Waals surface area contributed by atoms with Crippen molar-refractivity contribution in [2.45, 2.75) is 23.8 Å². The molecule has 1 unspecified atom stereocenters. The molecule has 0 N–H and O–H groups in total. The fraction of sp³-hybridized carbons (Fsp3) is 0.417. The molecule has 0 saturated carbocycles. The third kappa shape index (κ3) is 3.00. The predicted molar refractivity (Wildman–Crippen MR) is 68.6 cm³/mol. The zero-order valence-corrected chi connectivity index (χ0v) is 11.2. The average molecular weight is 298 g/mol. The van der Waals surface area contributed by atoms with Crippen molar-refractivity contribution >= 4 is 27.7 Å². The zero-order chi connectivity index (χ0) is 11.4. The van der Waals surface area contributed by atoms with E-state index in [2.05, 4.69) is 22.0 Å². The maximum atomic E-state index is 8.99. The van der Waals surface area contributed by atoms with Crippen molar-refractivity contribution in [1.29, 1.82) is 5.26 Å². The van der Waals surface area contributed by atoms with E-state index in [0.29, 0.717) is 6.10 Å². The lowest BCUT2D eigenvalue weighted by molar-refractivity contribution is 0.129. The molecule has 1 aliphatic rings. The van der Waals surface area contributed by atoms with Gasteiger partial charge in [0, 0.05) is 21.7 Å². The fourth-order valence-corrected chi connectivity index (χ4v) is 3.29. The molecule has 1 aromatic carbocycles. The first-order valence-electron chi connectivity index (χ1n) is 5.23. The van der Waals surface area contributed by atoms with Crippen molar-refractivity contribution in [2.24, 2.45) is 0 Å². The fourth-order valence-electron chi connectivity index (χ4n) is 1.67. The summed E-state index contributed by atoms with van der Waals surface area (Å²) in [4.78, 5) is 1.03. The average Bonchev–Trinajstić information content (AvgIpc) is 2.79. The number of ether oxygens (including phenoxy) is 1. The molecule has 1 aromatic rings. The van der Waals surface area contributed by atoms with Gasteiger partial charge in [-0.2, -0.15) is 5.26 Å². The summed E-state index contributed by atoms with van der Waals surface area (Å²) in [6, 6.07) is 7.96. The van der Waals surface area contributed by atoms with Crippen molar-refractivity contribution in [3.63, 3.8) is 0 Å². The molecular weight excluding hydrogens is 286 g/mol. The molecule has 84 valence electrons. The lowest BCUT2D eigenvalue weighted by Gasteiger charge is -2.09. The highest BCUT2D eigenvalue weighted by Gasteiger charge is 2.16. The van der Waals surface area contributed by atoms with Gasteiger partial charge in [-0.25, -0.2) is 0 Å². The van der Waals surface area contributed by atoms with Crippen LogP contribution in [0.4, 0.5) is 0 Å². The predicted octanol–water partition coefficient (Wildman–Crippen LogP) is 3.59. The molecule has 2 nitrogen and oxygen atoms in total. The van der Waals surface area contributed by atoms with Gasteiger partial charge in [-0.05, 0) is 31.0 Å². The Morgan fingerprint density at radius 2 is 2.44 bits per heavy atom. The SMILES string of the molecule is N#Cc1ccc(Br)cc1SCC1CCCO1. The quantitative estimate of drug-likeness (QED) is 0.799. The zero-order valence-electron chi connectivity index (χ0n) is 8.78. The second-order valence-corrected chi connectivity index (χ2v) is 5.68. The first-order chi connectivity index (χ1) is 7.79. The molecule has 16 heavy (non-hydrogen) atoms. The molecule has 0 bridgehead atoms. The summed E-state index contributed by atoms with van der Waals surface area (Å²) in [7, 11) is 0. The summed E-state index contributed by atoms with van der Waals surface area (Å²) in [5.74, 6) is 0.936. The van der Waals surface area contributed by atoms with Gasteiger partial charge >= 0.3 is 0 Å². The maximum absolute atomic E-state index is 8.99. The van der Waals surface area contributed by atoms with Gasteiger partial charge in [0.25, 0.3) is 0 Å². The molecule has 1 aliphatic heterocycles. The standard InChI is InChI=1S/C12H12BrNOS/c13-10-4-3-9(7-14)12(6-10)16-8-11-2-1-5-15-11/h3-4,6,11H,1-2,5,8H2. The van der Waals surface area contributed by atoms with Gasteiger partial charge in [-0.1, -0.05) is 15.9 Å². The number of halogens is 1. The molecule has 1 heterocycles. The Morgan fingerprint density at radius 1 is 1.56 bits per heavy atom. The maximum Gasteiger partial charge on any atom is 0.100 e. The van der Waals surface area contributed by atoms with Crippen LogP contribution in [-0.4, -0.2) is 18.5 Å². The molecule has 0 amide bonds. The van der Waals surface area contributed by atoms with Gasteiger partial charge in [0.15, 0.2) is 0 Å². The van der Waals surface area contributed by atoms with E-state index in [9.17, 15) is 0 Å². The highest BCUT2D eigenvalue weighted by atomic mass is 79.9. The van der Waals surface area contributed by atoms with Gasteiger partial charge in [0.05, 0.1) is 11.7 Å². The van der Waals surface area contributed by atoms with E-state index >= 15 is 0 Å².